The molecule has 1 atom stereocenters. The van der Waals surface area contributed by atoms with Crippen LogP contribution in [0.1, 0.15) is 11.1 Å². The Kier molecular flexibility index (Phi) is 3.97. The van der Waals surface area contributed by atoms with Crippen LogP contribution in [-0.4, -0.2) is 12.3 Å². The van der Waals surface area contributed by atoms with E-state index >= 15 is 0 Å². The molecule has 2 aromatic rings. The van der Waals surface area contributed by atoms with Crippen LogP contribution in [-0.2, 0) is 6.42 Å². The van der Waals surface area contributed by atoms with Crippen LogP contribution >= 0.6 is 0 Å². The highest BCUT2D eigenvalue weighted by Gasteiger charge is 2.16. The molecule has 0 radical (unpaired) electrons. The monoisotopic (exact) mass is 274 g/mol. The number of benzene rings is 2. The average molecular weight is 274 g/mol. The SMILES string of the molecule is N=CC1C=CC=CN1c1ccccc1Cc1ccccc1. The van der Waals surface area contributed by atoms with Crippen LogP contribution in [0.15, 0.2) is 79.0 Å². The second-order valence-electron chi connectivity index (χ2n) is 5.08. The van der Waals surface area contributed by atoms with Crippen LogP contribution in [0.2, 0.25) is 0 Å². The molecule has 0 bridgehead atoms. The summed E-state index contributed by atoms with van der Waals surface area (Å²) in [6.45, 7) is 0. The minimum absolute atomic E-state index is 0.00748. The van der Waals surface area contributed by atoms with Crippen molar-refractivity contribution in [2.45, 2.75) is 12.5 Å². The predicted octanol–water partition coefficient (Wildman–Crippen LogP) is 4.19. The van der Waals surface area contributed by atoms with Crippen LogP contribution in [0.4, 0.5) is 5.69 Å². The molecule has 21 heavy (non-hydrogen) atoms. The summed E-state index contributed by atoms with van der Waals surface area (Å²) in [5.41, 5.74) is 3.74. The highest BCUT2D eigenvalue weighted by atomic mass is 15.1. The predicted molar refractivity (Wildman–Crippen MR) is 89.0 cm³/mol. The molecule has 0 amide bonds. The van der Waals surface area contributed by atoms with Crippen molar-refractivity contribution in [3.05, 3.63) is 90.2 Å². The van der Waals surface area contributed by atoms with Crippen molar-refractivity contribution in [1.82, 2.24) is 0 Å². The van der Waals surface area contributed by atoms with Crippen molar-refractivity contribution < 1.29 is 0 Å². The second kappa shape index (κ2) is 6.23. The standard InChI is InChI=1S/C19H18N2/c20-15-18-11-6-7-13-21(18)19-12-5-4-10-17(19)14-16-8-2-1-3-9-16/h1-13,15,18,20H,14H2. The molecule has 0 spiro atoms. The van der Waals surface area contributed by atoms with Crippen molar-refractivity contribution in [1.29, 1.82) is 5.41 Å². The number of nitrogens with one attached hydrogen (secondary N) is 1. The maximum atomic E-state index is 7.62. The fourth-order valence-corrected chi connectivity index (χ4v) is 2.62. The summed E-state index contributed by atoms with van der Waals surface area (Å²) in [6.07, 6.45) is 10.5. The van der Waals surface area contributed by atoms with Gasteiger partial charge in [0.2, 0.25) is 0 Å². The Morgan fingerprint density at radius 2 is 1.71 bits per heavy atom. The van der Waals surface area contributed by atoms with Gasteiger partial charge in [0.25, 0.3) is 0 Å². The molecule has 0 saturated heterocycles. The third-order valence-corrected chi connectivity index (χ3v) is 3.67. The summed E-state index contributed by atoms with van der Waals surface area (Å²) in [5.74, 6) is 0. The summed E-state index contributed by atoms with van der Waals surface area (Å²) in [6, 6.07) is 18.9. The van der Waals surface area contributed by atoms with Gasteiger partial charge >= 0.3 is 0 Å². The van der Waals surface area contributed by atoms with E-state index in [1.807, 2.05) is 30.5 Å². The second-order valence-corrected chi connectivity index (χ2v) is 5.08. The third kappa shape index (κ3) is 2.95. The first-order chi connectivity index (χ1) is 10.4. The van der Waals surface area contributed by atoms with Gasteiger partial charge in [0.15, 0.2) is 0 Å². The minimum Gasteiger partial charge on any atom is -0.336 e. The zero-order chi connectivity index (χ0) is 14.5. The van der Waals surface area contributed by atoms with E-state index in [1.165, 1.54) is 17.3 Å². The zero-order valence-electron chi connectivity index (χ0n) is 11.8. The first-order valence-corrected chi connectivity index (χ1v) is 7.14. The van der Waals surface area contributed by atoms with Crippen LogP contribution in [0.3, 0.4) is 0 Å². The van der Waals surface area contributed by atoms with Crippen LogP contribution < -0.4 is 4.90 Å². The number of nitrogens with zero attached hydrogens (tertiary/aromatic N) is 1. The lowest BCUT2D eigenvalue weighted by Gasteiger charge is -2.29. The van der Waals surface area contributed by atoms with E-state index in [1.54, 1.807) is 0 Å². The Bertz CT molecular complexity index is 671. The number of allylic oxidation sites excluding steroid dienone is 2. The van der Waals surface area contributed by atoms with E-state index in [-0.39, 0.29) is 6.04 Å². The number of hydrogen-bond acceptors (Lipinski definition) is 2. The largest absolute Gasteiger partial charge is 0.336 e. The van der Waals surface area contributed by atoms with Gasteiger partial charge in [0.05, 0.1) is 6.04 Å². The minimum atomic E-state index is -0.00748. The highest BCUT2D eigenvalue weighted by molar-refractivity contribution is 5.74. The van der Waals surface area contributed by atoms with Gasteiger partial charge in [-0.1, -0.05) is 60.7 Å². The molecule has 2 heteroatoms. The molecule has 0 aromatic heterocycles. The van der Waals surface area contributed by atoms with Crippen LogP contribution in [0.5, 0.6) is 0 Å². The van der Waals surface area contributed by atoms with Crippen molar-refractivity contribution in [3.8, 4) is 0 Å². The molecule has 1 heterocycles. The molecule has 1 N–H and O–H groups in total. The van der Waals surface area contributed by atoms with E-state index in [4.69, 9.17) is 5.41 Å². The maximum Gasteiger partial charge on any atom is 0.0867 e. The Balaban J connectivity index is 1.94. The molecular formula is C19H18N2. The van der Waals surface area contributed by atoms with E-state index < -0.39 is 0 Å². The van der Waals surface area contributed by atoms with Crippen molar-refractivity contribution in [2.24, 2.45) is 0 Å². The molecule has 0 fully saturated rings. The van der Waals surface area contributed by atoms with Crippen LogP contribution in [0, 0.1) is 5.41 Å². The Hall–Kier alpha value is -2.61. The number of anilines is 1. The van der Waals surface area contributed by atoms with E-state index in [9.17, 15) is 0 Å². The van der Waals surface area contributed by atoms with Crippen molar-refractivity contribution >= 4 is 11.9 Å². The lowest BCUT2D eigenvalue weighted by Crippen LogP contribution is -2.32. The summed E-state index contributed by atoms with van der Waals surface area (Å²) in [5, 5.41) is 7.62. The number of hydrogen-bond donors (Lipinski definition) is 1. The average Bonchev–Trinajstić information content (AvgIpc) is 2.56. The quantitative estimate of drug-likeness (QED) is 0.832. The van der Waals surface area contributed by atoms with Gasteiger partial charge in [-0.2, -0.15) is 0 Å². The topological polar surface area (TPSA) is 27.1 Å². The number of rotatable bonds is 4. The lowest BCUT2D eigenvalue weighted by molar-refractivity contribution is 0.958. The number of para-hydroxylation sites is 1. The summed E-state index contributed by atoms with van der Waals surface area (Å²) in [7, 11) is 0. The fourth-order valence-electron chi connectivity index (χ4n) is 2.62. The van der Waals surface area contributed by atoms with E-state index in [2.05, 4.69) is 53.4 Å². The first kappa shape index (κ1) is 13.4. The smallest absolute Gasteiger partial charge is 0.0867 e. The molecule has 2 nitrogen and oxygen atoms in total. The Labute approximate surface area is 125 Å². The molecule has 3 rings (SSSR count). The van der Waals surface area contributed by atoms with Crippen molar-refractivity contribution in [3.63, 3.8) is 0 Å². The Morgan fingerprint density at radius 3 is 2.52 bits per heavy atom. The van der Waals surface area contributed by atoms with Gasteiger partial charge in [0, 0.05) is 18.1 Å². The van der Waals surface area contributed by atoms with Crippen LogP contribution in [0.25, 0.3) is 0 Å². The molecular weight excluding hydrogens is 256 g/mol. The lowest BCUT2D eigenvalue weighted by atomic mass is 10.0. The maximum absolute atomic E-state index is 7.62. The van der Waals surface area contributed by atoms with Gasteiger partial charge < -0.3 is 10.3 Å². The molecule has 1 unspecified atom stereocenters. The molecule has 0 aliphatic carbocycles. The zero-order valence-corrected chi connectivity index (χ0v) is 11.8. The highest BCUT2D eigenvalue weighted by Crippen LogP contribution is 2.26. The molecule has 1 aliphatic heterocycles. The summed E-state index contributed by atoms with van der Waals surface area (Å²) >= 11 is 0. The normalized spacial score (nSPS) is 17.0. The molecule has 0 saturated carbocycles. The van der Waals surface area contributed by atoms with E-state index in [0.29, 0.717) is 0 Å². The first-order valence-electron chi connectivity index (χ1n) is 7.14. The van der Waals surface area contributed by atoms with Crippen molar-refractivity contribution in [2.75, 3.05) is 4.90 Å². The Morgan fingerprint density at radius 1 is 0.952 bits per heavy atom. The van der Waals surface area contributed by atoms with Gasteiger partial charge in [0.1, 0.15) is 0 Å². The third-order valence-electron chi connectivity index (χ3n) is 3.67. The summed E-state index contributed by atoms with van der Waals surface area (Å²) in [4.78, 5) is 2.14. The van der Waals surface area contributed by atoms with Gasteiger partial charge in [-0.3, -0.25) is 0 Å². The molecule has 104 valence electrons. The molecule has 1 aliphatic rings. The van der Waals surface area contributed by atoms with Gasteiger partial charge in [-0.25, -0.2) is 0 Å². The summed E-state index contributed by atoms with van der Waals surface area (Å²) < 4.78 is 0. The van der Waals surface area contributed by atoms with Gasteiger partial charge in [-0.15, -0.1) is 0 Å². The van der Waals surface area contributed by atoms with Gasteiger partial charge in [-0.05, 0) is 29.7 Å². The fraction of sp³-hybridized carbons (Fsp3) is 0.105. The molecule has 2 aromatic carbocycles. The van der Waals surface area contributed by atoms with E-state index in [0.717, 1.165) is 12.1 Å².